The topological polar surface area (TPSA) is 71.1 Å². The third-order valence-electron chi connectivity index (χ3n) is 4.06. The summed E-state index contributed by atoms with van der Waals surface area (Å²) in [6.45, 7) is 0. The lowest BCUT2D eigenvalue weighted by molar-refractivity contribution is 0.102. The van der Waals surface area contributed by atoms with Crippen molar-refractivity contribution in [3.63, 3.8) is 0 Å². The molecule has 2 amide bonds. The number of fused-ring (bicyclic) bond motifs is 1. The van der Waals surface area contributed by atoms with Crippen molar-refractivity contribution in [2.75, 3.05) is 10.6 Å². The van der Waals surface area contributed by atoms with Crippen LogP contribution in [0.25, 0.3) is 10.9 Å². The summed E-state index contributed by atoms with van der Waals surface area (Å²) in [6.07, 6.45) is 0. The van der Waals surface area contributed by atoms with Crippen LogP contribution in [0.2, 0.25) is 5.15 Å². The SMILES string of the molecule is O=C(Nc1ccc(NC(=O)c2cccs2)cc1)c1ccc2nc(Cl)ccc2c1. The Morgan fingerprint density at radius 1 is 0.857 bits per heavy atom. The second-order valence-corrected chi connectivity index (χ2v) is 7.34. The summed E-state index contributed by atoms with van der Waals surface area (Å²) in [6, 6.07) is 19.3. The van der Waals surface area contributed by atoms with Crippen molar-refractivity contribution in [3.8, 4) is 0 Å². The summed E-state index contributed by atoms with van der Waals surface area (Å²) in [7, 11) is 0. The number of nitrogens with zero attached hydrogens (tertiary/aromatic N) is 1. The van der Waals surface area contributed by atoms with Gasteiger partial charge in [-0.05, 0) is 66.0 Å². The molecule has 0 radical (unpaired) electrons. The van der Waals surface area contributed by atoms with Gasteiger partial charge < -0.3 is 10.6 Å². The zero-order valence-corrected chi connectivity index (χ0v) is 16.1. The lowest BCUT2D eigenvalue weighted by Gasteiger charge is -2.08. The monoisotopic (exact) mass is 407 g/mol. The third-order valence-corrected chi connectivity index (χ3v) is 5.14. The number of benzene rings is 2. The first-order valence-corrected chi connectivity index (χ1v) is 9.67. The number of pyridine rings is 1. The number of nitrogens with one attached hydrogen (secondary N) is 2. The smallest absolute Gasteiger partial charge is 0.265 e. The number of amides is 2. The molecule has 0 atom stereocenters. The molecule has 138 valence electrons. The van der Waals surface area contributed by atoms with E-state index in [1.165, 1.54) is 11.3 Å². The Bertz CT molecular complexity index is 1160. The minimum atomic E-state index is -0.229. The van der Waals surface area contributed by atoms with E-state index in [4.69, 9.17) is 11.6 Å². The first-order chi connectivity index (χ1) is 13.6. The maximum absolute atomic E-state index is 12.5. The van der Waals surface area contributed by atoms with Gasteiger partial charge in [0, 0.05) is 22.3 Å². The molecule has 2 aromatic heterocycles. The first kappa shape index (κ1) is 18.2. The molecular formula is C21H14ClN3O2S. The molecule has 0 bridgehead atoms. The molecule has 7 heteroatoms. The average Bonchev–Trinajstić information content (AvgIpc) is 3.24. The van der Waals surface area contributed by atoms with Crippen LogP contribution in [0.1, 0.15) is 20.0 Å². The van der Waals surface area contributed by atoms with E-state index in [2.05, 4.69) is 15.6 Å². The van der Waals surface area contributed by atoms with E-state index in [9.17, 15) is 9.59 Å². The highest BCUT2D eigenvalue weighted by Gasteiger charge is 2.09. The van der Waals surface area contributed by atoms with Crippen LogP contribution >= 0.6 is 22.9 Å². The van der Waals surface area contributed by atoms with Crippen LogP contribution in [0.4, 0.5) is 11.4 Å². The minimum absolute atomic E-state index is 0.156. The number of hydrogen-bond donors (Lipinski definition) is 2. The van der Waals surface area contributed by atoms with Crippen LogP contribution in [-0.4, -0.2) is 16.8 Å². The van der Waals surface area contributed by atoms with Gasteiger partial charge in [0.25, 0.3) is 11.8 Å². The molecule has 2 aromatic carbocycles. The molecule has 0 saturated heterocycles. The van der Waals surface area contributed by atoms with E-state index in [-0.39, 0.29) is 11.8 Å². The quantitative estimate of drug-likeness (QED) is 0.441. The fraction of sp³-hybridized carbons (Fsp3) is 0. The van der Waals surface area contributed by atoms with E-state index in [1.54, 1.807) is 54.6 Å². The molecule has 2 N–H and O–H groups in total. The van der Waals surface area contributed by atoms with E-state index >= 15 is 0 Å². The number of hydrogen-bond acceptors (Lipinski definition) is 4. The molecule has 4 aromatic rings. The second-order valence-electron chi connectivity index (χ2n) is 6.00. The number of rotatable bonds is 4. The van der Waals surface area contributed by atoms with Gasteiger partial charge in [-0.2, -0.15) is 0 Å². The van der Waals surface area contributed by atoms with Crippen LogP contribution in [-0.2, 0) is 0 Å². The molecule has 5 nitrogen and oxygen atoms in total. The fourth-order valence-corrected chi connectivity index (χ4v) is 3.46. The minimum Gasteiger partial charge on any atom is -0.322 e. The fourth-order valence-electron chi connectivity index (χ4n) is 2.68. The van der Waals surface area contributed by atoms with Gasteiger partial charge in [0.1, 0.15) is 5.15 Å². The van der Waals surface area contributed by atoms with Crippen molar-refractivity contribution in [3.05, 3.63) is 87.7 Å². The summed E-state index contributed by atoms with van der Waals surface area (Å²) < 4.78 is 0. The zero-order valence-electron chi connectivity index (χ0n) is 14.5. The van der Waals surface area contributed by atoms with Gasteiger partial charge in [0.05, 0.1) is 10.4 Å². The number of carbonyl (C=O) groups is 2. The number of carbonyl (C=O) groups excluding carboxylic acids is 2. The first-order valence-electron chi connectivity index (χ1n) is 8.41. The summed E-state index contributed by atoms with van der Waals surface area (Å²) in [5.74, 6) is -0.385. The van der Waals surface area contributed by atoms with E-state index in [1.807, 2.05) is 17.5 Å². The van der Waals surface area contributed by atoms with E-state index < -0.39 is 0 Å². The van der Waals surface area contributed by atoms with Gasteiger partial charge in [0.15, 0.2) is 0 Å². The highest BCUT2D eigenvalue weighted by Crippen LogP contribution is 2.20. The van der Waals surface area contributed by atoms with Crippen LogP contribution in [0.5, 0.6) is 0 Å². The maximum Gasteiger partial charge on any atom is 0.265 e. The lowest BCUT2D eigenvalue weighted by Crippen LogP contribution is -2.12. The van der Waals surface area contributed by atoms with Gasteiger partial charge in [-0.15, -0.1) is 11.3 Å². The number of thiophene rings is 1. The van der Waals surface area contributed by atoms with E-state index in [0.717, 1.165) is 10.9 Å². The standard InChI is InChI=1S/C21H14ClN3O2S/c22-19-10-4-13-12-14(3-9-17(13)25-19)20(26)23-15-5-7-16(8-6-15)24-21(27)18-2-1-11-28-18/h1-12H,(H,23,26)(H,24,27). The van der Waals surface area contributed by atoms with Gasteiger partial charge in [-0.3, -0.25) is 9.59 Å². The predicted molar refractivity (Wildman–Crippen MR) is 113 cm³/mol. The molecule has 2 heterocycles. The normalized spacial score (nSPS) is 10.6. The van der Waals surface area contributed by atoms with Crippen molar-refractivity contribution in [1.29, 1.82) is 0 Å². The molecule has 28 heavy (non-hydrogen) atoms. The zero-order chi connectivity index (χ0) is 19.5. The third kappa shape index (κ3) is 4.03. The van der Waals surface area contributed by atoms with Crippen LogP contribution < -0.4 is 10.6 Å². The molecule has 0 aliphatic heterocycles. The van der Waals surface area contributed by atoms with E-state index in [0.29, 0.717) is 27.0 Å². The van der Waals surface area contributed by atoms with Crippen LogP contribution in [0.3, 0.4) is 0 Å². The summed E-state index contributed by atoms with van der Waals surface area (Å²) >= 11 is 7.27. The van der Waals surface area contributed by atoms with Crippen molar-refractivity contribution < 1.29 is 9.59 Å². The lowest BCUT2D eigenvalue weighted by atomic mass is 10.1. The van der Waals surface area contributed by atoms with Crippen molar-refractivity contribution >= 4 is 57.0 Å². The highest BCUT2D eigenvalue weighted by molar-refractivity contribution is 7.12. The van der Waals surface area contributed by atoms with Gasteiger partial charge in [-0.1, -0.05) is 17.7 Å². The Morgan fingerprint density at radius 3 is 2.25 bits per heavy atom. The Balaban J connectivity index is 1.44. The molecule has 0 aliphatic carbocycles. The Kier molecular flexibility index (Phi) is 5.06. The van der Waals surface area contributed by atoms with Gasteiger partial charge in [0.2, 0.25) is 0 Å². The molecule has 0 fully saturated rings. The van der Waals surface area contributed by atoms with Crippen molar-refractivity contribution in [2.24, 2.45) is 0 Å². The average molecular weight is 408 g/mol. The molecule has 0 spiro atoms. The number of halogens is 1. The van der Waals surface area contributed by atoms with Crippen LogP contribution in [0, 0.1) is 0 Å². The van der Waals surface area contributed by atoms with Gasteiger partial charge in [-0.25, -0.2) is 4.98 Å². The van der Waals surface area contributed by atoms with Gasteiger partial charge >= 0.3 is 0 Å². The second kappa shape index (κ2) is 7.80. The molecular weight excluding hydrogens is 394 g/mol. The Labute approximate surface area is 170 Å². The summed E-state index contributed by atoms with van der Waals surface area (Å²) in [5.41, 5.74) is 2.54. The molecule has 4 rings (SSSR count). The molecule has 0 saturated carbocycles. The molecule has 0 unspecified atom stereocenters. The predicted octanol–water partition coefficient (Wildman–Crippen LogP) is 5.45. The van der Waals surface area contributed by atoms with Crippen molar-refractivity contribution in [1.82, 2.24) is 4.98 Å². The number of anilines is 2. The van der Waals surface area contributed by atoms with Crippen molar-refractivity contribution in [2.45, 2.75) is 0 Å². The summed E-state index contributed by atoms with van der Waals surface area (Å²) in [4.78, 5) is 29.4. The van der Waals surface area contributed by atoms with Crippen LogP contribution in [0.15, 0.2) is 72.1 Å². The largest absolute Gasteiger partial charge is 0.322 e. The highest BCUT2D eigenvalue weighted by atomic mass is 35.5. The Hall–Kier alpha value is -3.22. The summed E-state index contributed by atoms with van der Waals surface area (Å²) in [5, 5.41) is 8.77. The Morgan fingerprint density at radius 2 is 1.57 bits per heavy atom. The molecule has 0 aliphatic rings. The maximum atomic E-state index is 12.5. The number of aromatic nitrogens is 1.